The largest absolute Gasteiger partial charge is 0.351 e. The minimum absolute atomic E-state index is 0.450. The second-order valence-corrected chi connectivity index (χ2v) is 4.90. The van der Waals surface area contributed by atoms with Gasteiger partial charge in [-0.15, -0.1) is 0 Å². The molecule has 2 N–H and O–H groups in total. The molecule has 0 radical (unpaired) electrons. The lowest BCUT2D eigenvalue weighted by atomic mass is 10.1. The first-order chi connectivity index (χ1) is 8.76. The molecule has 100 valence electrons. The summed E-state index contributed by atoms with van der Waals surface area (Å²) in [7, 11) is 2.19. The number of hydrogen-bond donors (Lipinski definition) is 1. The third-order valence-electron chi connectivity index (χ3n) is 3.59. The summed E-state index contributed by atoms with van der Waals surface area (Å²) in [5, 5.41) is 0. The molecule has 0 amide bonds. The Morgan fingerprint density at radius 3 is 2.83 bits per heavy atom. The van der Waals surface area contributed by atoms with E-state index in [0.29, 0.717) is 12.6 Å². The van der Waals surface area contributed by atoms with Crippen LogP contribution < -0.4 is 10.6 Å². The molecule has 2 heterocycles. The van der Waals surface area contributed by atoms with Gasteiger partial charge in [0.1, 0.15) is 0 Å². The summed E-state index contributed by atoms with van der Waals surface area (Å²) in [5.74, 6) is 0.974. The zero-order valence-corrected chi connectivity index (χ0v) is 11.3. The molecule has 1 unspecified atom stereocenters. The Bertz CT molecular complexity index is 381. The summed E-state index contributed by atoms with van der Waals surface area (Å²) in [6.07, 6.45) is 5.75. The van der Waals surface area contributed by atoms with Gasteiger partial charge in [0, 0.05) is 38.1 Å². The summed E-state index contributed by atoms with van der Waals surface area (Å²) in [4.78, 5) is 13.6. The first-order valence-electron chi connectivity index (χ1n) is 6.71. The lowest BCUT2D eigenvalue weighted by Crippen LogP contribution is -2.41. The second-order valence-electron chi connectivity index (χ2n) is 4.90. The van der Waals surface area contributed by atoms with E-state index in [-0.39, 0.29) is 0 Å². The van der Waals surface area contributed by atoms with Crippen LogP contribution in [0.2, 0.25) is 0 Å². The van der Waals surface area contributed by atoms with E-state index in [0.717, 1.165) is 44.0 Å². The van der Waals surface area contributed by atoms with Gasteiger partial charge in [-0.3, -0.25) is 4.98 Å². The molecule has 0 bridgehead atoms. The summed E-state index contributed by atoms with van der Waals surface area (Å²) < 4.78 is 0. The van der Waals surface area contributed by atoms with Crippen molar-refractivity contribution in [3.05, 3.63) is 18.1 Å². The Kier molecular flexibility index (Phi) is 4.49. The van der Waals surface area contributed by atoms with E-state index in [9.17, 15) is 0 Å². The minimum atomic E-state index is 0.450. The standard InChI is InChI=1S/C13H23N5/c1-3-11-10-17(2)7-4-8-18(11)13-12(9-14)15-5-6-16-13/h5-6,11H,3-4,7-10,14H2,1-2H3. The molecular weight excluding hydrogens is 226 g/mol. The predicted molar refractivity (Wildman–Crippen MR) is 73.5 cm³/mol. The molecule has 1 aromatic rings. The first-order valence-corrected chi connectivity index (χ1v) is 6.71. The van der Waals surface area contributed by atoms with Gasteiger partial charge in [-0.25, -0.2) is 4.98 Å². The van der Waals surface area contributed by atoms with Crippen molar-refractivity contribution in [2.75, 3.05) is 31.6 Å². The van der Waals surface area contributed by atoms with Crippen LogP contribution in [0.5, 0.6) is 0 Å². The van der Waals surface area contributed by atoms with E-state index in [1.165, 1.54) is 0 Å². The van der Waals surface area contributed by atoms with Crippen molar-refractivity contribution < 1.29 is 0 Å². The lowest BCUT2D eigenvalue weighted by molar-refractivity contribution is 0.327. The van der Waals surface area contributed by atoms with Gasteiger partial charge in [0.05, 0.1) is 5.69 Å². The molecule has 18 heavy (non-hydrogen) atoms. The topological polar surface area (TPSA) is 58.3 Å². The Morgan fingerprint density at radius 2 is 2.11 bits per heavy atom. The van der Waals surface area contributed by atoms with E-state index >= 15 is 0 Å². The second kappa shape index (κ2) is 6.11. The molecule has 5 heteroatoms. The van der Waals surface area contributed by atoms with Gasteiger partial charge in [0.2, 0.25) is 0 Å². The number of aromatic nitrogens is 2. The maximum Gasteiger partial charge on any atom is 0.151 e. The fourth-order valence-electron chi connectivity index (χ4n) is 2.61. The highest BCUT2D eigenvalue weighted by molar-refractivity contribution is 5.44. The Labute approximate surface area is 109 Å². The van der Waals surface area contributed by atoms with E-state index in [1.807, 2.05) is 0 Å². The summed E-state index contributed by atoms with van der Waals surface area (Å²) in [6, 6.07) is 0.500. The van der Waals surface area contributed by atoms with Crippen LogP contribution in [0.3, 0.4) is 0 Å². The number of anilines is 1. The molecule has 0 spiro atoms. The van der Waals surface area contributed by atoms with Gasteiger partial charge in [0.15, 0.2) is 5.82 Å². The smallest absolute Gasteiger partial charge is 0.151 e. The SMILES string of the molecule is CCC1CN(C)CCCN1c1nccnc1CN. The molecule has 0 aliphatic carbocycles. The minimum Gasteiger partial charge on any atom is -0.351 e. The molecule has 1 atom stereocenters. The van der Waals surface area contributed by atoms with Gasteiger partial charge in [0.25, 0.3) is 0 Å². The number of nitrogens with zero attached hydrogens (tertiary/aromatic N) is 4. The third-order valence-corrected chi connectivity index (χ3v) is 3.59. The summed E-state index contributed by atoms with van der Waals surface area (Å²) in [6.45, 7) is 5.94. The third kappa shape index (κ3) is 2.79. The average Bonchev–Trinajstić information content (AvgIpc) is 2.60. The Hall–Kier alpha value is -1.20. The molecular formula is C13H23N5. The van der Waals surface area contributed by atoms with Crippen LogP contribution in [0.25, 0.3) is 0 Å². The fraction of sp³-hybridized carbons (Fsp3) is 0.692. The van der Waals surface area contributed by atoms with Gasteiger partial charge in [-0.2, -0.15) is 0 Å². The van der Waals surface area contributed by atoms with Crippen molar-refractivity contribution in [2.24, 2.45) is 5.73 Å². The lowest BCUT2D eigenvalue weighted by Gasteiger charge is -2.32. The van der Waals surface area contributed by atoms with Crippen molar-refractivity contribution in [3.63, 3.8) is 0 Å². The fourth-order valence-corrected chi connectivity index (χ4v) is 2.61. The van der Waals surface area contributed by atoms with E-state index in [2.05, 4.69) is 33.7 Å². The quantitative estimate of drug-likeness (QED) is 0.861. The van der Waals surface area contributed by atoms with Crippen molar-refractivity contribution in [3.8, 4) is 0 Å². The molecule has 5 nitrogen and oxygen atoms in total. The number of nitrogens with two attached hydrogens (primary N) is 1. The highest BCUT2D eigenvalue weighted by Gasteiger charge is 2.24. The molecule has 1 fully saturated rings. The molecule has 2 rings (SSSR count). The molecule has 0 saturated carbocycles. The van der Waals surface area contributed by atoms with Crippen LogP contribution in [0.4, 0.5) is 5.82 Å². The first kappa shape index (κ1) is 13.2. The maximum absolute atomic E-state index is 5.77. The summed E-state index contributed by atoms with van der Waals surface area (Å²) >= 11 is 0. The van der Waals surface area contributed by atoms with Crippen LogP contribution >= 0.6 is 0 Å². The average molecular weight is 249 g/mol. The van der Waals surface area contributed by atoms with Gasteiger partial charge in [-0.05, 0) is 26.4 Å². The monoisotopic (exact) mass is 249 g/mol. The van der Waals surface area contributed by atoms with Crippen molar-refractivity contribution in [2.45, 2.75) is 32.4 Å². The highest BCUT2D eigenvalue weighted by atomic mass is 15.3. The van der Waals surface area contributed by atoms with Crippen molar-refractivity contribution in [1.82, 2.24) is 14.9 Å². The highest BCUT2D eigenvalue weighted by Crippen LogP contribution is 2.21. The predicted octanol–water partition coefficient (Wildman–Crippen LogP) is 0.856. The van der Waals surface area contributed by atoms with Gasteiger partial charge in [-0.1, -0.05) is 6.92 Å². The molecule has 1 saturated heterocycles. The van der Waals surface area contributed by atoms with Gasteiger partial charge >= 0.3 is 0 Å². The van der Waals surface area contributed by atoms with Crippen LogP contribution in [0, 0.1) is 0 Å². The van der Waals surface area contributed by atoms with E-state index in [1.54, 1.807) is 12.4 Å². The molecule has 1 aliphatic heterocycles. The van der Waals surface area contributed by atoms with Gasteiger partial charge < -0.3 is 15.5 Å². The van der Waals surface area contributed by atoms with Crippen molar-refractivity contribution in [1.29, 1.82) is 0 Å². The summed E-state index contributed by atoms with van der Waals surface area (Å²) in [5.41, 5.74) is 6.67. The molecule has 1 aromatic heterocycles. The molecule has 0 aromatic carbocycles. The van der Waals surface area contributed by atoms with E-state index in [4.69, 9.17) is 5.73 Å². The van der Waals surface area contributed by atoms with Crippen LogP contribution in [0.15, 0.2) is 12.4 Å². The Balaban J connectivity index is 2.28. The number of rotatable bonds is 3. The number of likely N-dealkylation sites (N-methyl/N-ethyl adjacent to an activating group) is 1. The van der Waals surface area contributed by atoms with Crippen molar-refractivity contribution >= 4 is 5.82 Å². The maximum atomic E-state index is 5.77. The molecule has 1 aliphatic rings. The van der Waals surface area contributed by atoms with Crippen LogP contribution in [0.1, 0.15) is 25.5 Å². The zero-order valence-electron chi connectivity index (χ0n) is 11.3. The van der Waals surface area contributed by atoms with Crippen LogP contribution in [-0.4, -0.2) is 47.6 Å². The normalized spacial score (nSPS) is 21.9. The van der Waals surface area contributed by atoms with E-state index < -0.39 is 0 Å². The zero-order chi connectivity index (χ0) is 13.0. The van der Waals surface area contributed by atoms with Crippen LogP contribution in [-0.2, 0) is 6.54 Å². The number of hydrogen-bond acceptors (Lipinski definition) is 5. The Morgan fingerprint density at radius 1 is 1.33 bits per heavy atom.